The van der Waals surface area contributed by atoms with Crippen LogP contribution in [0.2, 0.25) is 0 Å². The van der Waals surface area contributed by atoms with Gasteiger partial charge in [-0.15, -0.1) is 17.5 Å². The van der Waals surface area contributed by atoms with E-state index in [0.717, 1.165) is 17.3 Å². The van der Waals surface area contributed by atoms with Crippen LogP contribution >= 0.6 is 28.3 Å². The van der Waals surface area contributed by atoms with E-state index in [-0.39, 0.29) is 24.3 Å². The fraction of sp³-hybridized carbons (Fsp3) is 0.333. The van der Waals surface area contributed by atoms with E-state index in [1.165, 1.54) is 4.80 Å². The van der Waals surface area contributed by atoms with Crippen molar-refractivity contribution < 1.29 is 4.79 Å². The van der Waals surface area contributed by atoms with Crippen LogP contribution in [0, 0.1) is 0 Å². The first-order valence-corrected chi connectivity index (χ1v) is 6.83. The number of benzene rings is 1. The highest BCUT2D eigenvalue weighted by Gasteiger charge is 2.09. The van der Waals surface area contributed by atoms with Crippen molar-refractivity contribution in [2.24, 2.45) is 0 Å². The number of anilines is 1. The molecule has 0 atom stereocenters. The van der Waals surface area contributed by atoms with Crippen LogP contribution in [0.1, 0.15) is 30.1 Å². The van der Waals surface area contributed by atoms with Crippen molar-refractivity contribution >= 4 is 40.2 Å². The third kappa shape index (κ3) is 4.57. The van der Waals surface area contributed by atoms with Gasteiger partial charge in [0.2, 0.25) is 0 Å². The number of halogens is 2. The highest BCUT2D eigenvalue weighted by molar-refractivity contribution is 9.10. The molecule has 0 saturated heterocycles. The minimum absolute atomic E-state index is 0. The van der Waals surface area contributed by atoms with Crippen LogP contribution in [0.5, 0.6) is 0 Å². The molecule has 0 radical (unpaired) electrons. The van der Waals surface area contributed by atoms with Crippen molar-refractivity contribution in [3.63, 3.8) is 0 Å². The van der Waals surface area contributed by atoms with Crippen LogP contribution in [0.25, 0.3) is 0 Å². The molecule has 1 heterocycles. The number of nitrogens with zero attached hydrogens (tertiary/aromatic N) is 4. The Bertz CT molecular complexity index is 557. The highest BCUT2D eigenvalue weighted by Crippen LogP contribution is 2.11. The Balaban J connectivity index is 0.00000200. The van der Waals surface area contributed by atoms with Gasteiger partial charge in [-0.2, -0.15) is 4.80 Å². The van der Waals surface area contributed by atoms with Crippen molar-refractivity contribution in [2.75, 3.05) is 5.32 Å². The maximum absolute atomic E-state index is 11.9. The standard InChI is InChI=1S/C12H14BrN5O.ClH/c1-2-3-8-18-16-12(15-17-18)14-11(19)9-4-6-10(13)7-5-9;/h4-7H,2-3,8H2,1H3,(H,14,16,19);1H. The molecule has 0 saturated carbocycles. The van der Waals surface area contributed by atoms with Crippen LogP contribution in [0.3, 0.4) is 0 Å². The Morgan fingerprint density at radius 3 is 2.70 bits per heavy atom. The largest absolute Gasteiger partial charge is 0.288 e. The summed E-state index contributed by atoms with van der Waals surface area (Å²) >= 11 is 3.32. The molecule has 0 fully saturated rings. The number of carbonyl (C=O) groups is 1. The van der Waals surface area contributed by atoms with E-state index < -0.39 is 0 Å². The number of aromatic nitrogens is 4. The van der Waals surface area contributed by atoms with Gasteiger partial charge in [-0.1, -0.05) is 34.4 Å². The lowest BCUT2D eigenvalue weighted by molar-refractivity contribution is 0.102. The van der Waals surface area contributed by atoms with Gasteiger partial charge >= 0.3 is 0 Å². The van der Waals surface area contributed by atoms with Crippen LogP contribution in [-0.2, 0) is 6.54 Å². The smallest absolute Gasteiger partial charge is 0.270 e. The van der Waals surface area contributed by atoms with E-state index in [0.29, 0.717) is 12.1 Å². The lowest BCUT2D eigenvalue weighted by atomic mass is 10.2. The summed E-state index contributed by atoms with van der Waals surface area (Å²) in [6, 6.07) is 7.06. The Labute approximate surface area is 131 Å². The fourth-order valence-corrected chi connectivity index (χ4v) is 1.73. The van der Waals surface area contributed by atoms with Crippen LogP contribution in [0.4, 0.5) is 5.95 Å². The van der Waals surface area contributed by atoms with Crippen LogP contribution in [-0.4, -0.2) is 26.1 Å². The molecule has 6 nitrogen and oxygen atoms in total. The number of rotatable bonds is 5. The summed E-state index contributed by atoms with van der Waals surface area (Å²) in [6.45, 7) is 2.80. The molecule has 0 aliphatic carbocycles. The molecule has 0 bridgehead atoms. The third-order valence-electron chi connectivity index (χ3n) is 2.50. The Hall–Kier alpha value is -1.47. The van der Waals surface area contributed by atoms with E-state index in [9.17, 15) is 4.79 Å². The molecule has 108 valence electrons. The van der Waals surface area contributed by atoms with Crippen molar-refractivity contribution in [2.45, 2.75) is 26.3 Å². The Morgan fingerprint density at radius 1 is 1.35 bits per heavy atom. The molecule has 1 amide bonds. The molecule has 0 unspecified atom stereocenters. The summed E-state index contributed by atoms with van der Waals surface area (Å²) in [6.07, 6.45) is 2.04. The van der Waals surface area contributed by atoms with E-state index in [1.54, 1.807) is 24.3 Å². The van der Waals surface area contributed by atoms with E-state index in [2.05, 4.69) is 43.6 Å². The summed E-state index contributed by atoms with van der Waals surface area (Å²) in [5, 5.41) is 14.4. The molecular formula is C12H15BrClN5O. The first kappa shape index (κ1) is 16.6. The van der Waals surface area contributed by atoms with Crippen molar-refractivity contribution in [3.8, 4) is 0 Å². The number of amides is 1. The van der Waals surface area contributed by atoms with Crippen molar-refractivity contribution in [3.05, 3.63) is 34.3 Å². The number of aryl methyl sites for hydroxylation is 1. The SMILES string of the molecule is CCCCn1nnc(NC(=O)c2ccc(Br)cc2)n1.Cl. The molecule has 0 aliphatic rings. The van der Waals surface area contributed by atoms with Crippen molar-refractivity contribution in [1.29, 1.82) is 0 Å². The lowest BCUT2D eigenvalue weighted by Crippen LogP contribution is -2.13. The van der Waals surface area contributed by atoms with E-state index in [4.69, 9.17) is 0 Å². The second kappa shape index (κ2) is 7.96. The second-order valence-electron chi connectivity index (χ2n) is 4.02. The van der Waals surface area contributed by atoms with Gasteiger partial charge in [0.05, 0.1) is 6.54 Å². The number of nitrogens with one attached hydrogen (secondary N) is 1. The van der Waals surface area contributed by atoms with Gasteiger partial charge in [-0.05, 0) is 35.9 Å². The van der Waals surface area contributed by atoms with Gasteiger partial charge in [-0.25, -0.2) is 0 Å². The summed E-state index contributed by atoms with van der Waals surface area (Å²) in [7, 11) is 0. The molecule has 2 rings (SSSR count). The number of hydrogen-bond donors (Lipinski definition) is 1. The van der Waals surface area contributed by atoms with Gasteiger partial charge in [0, 0.05) is 10.0 Å². The molecule has 0 aliphatic heterocycles. The summed E-state index contributed by atoms with van der Waals surface area (Å²) in [5.74, 6) is -0.0217. The highest BCUT2D eigenvalue weighted by atomic mass is 79.9. The predicted molar refractivity (Wildman–Crippen MR) is 82.1 cm³/mol. The predicted octanol–water partition coefficient (Wildman–Crippen LogP) is 2.91. The topological polar surface area (TPSA) is 72.7 Å². The van der Waals surface area contributed by atoms with Crippen molar-refractivity contribution in [1.82, 2.24) is 20.2 Å². The first-order chi connectivity index (χ1) is 9.19. The van der Waals surface area contributed by atoms with Gasteiger partial charge in [0.25, 0.3) is 11.9 Å². The average molecular weight is 361 g/mol. The van der Waals surface area contributed by atoms with Gasteiger partial charge < -0.3 is 0 Å². The maximum atomic E-state index is 11.9. The summed E-state index contributed by atoms with van der Waals surface area (Å²) in [5.41, 5.74) is 0.549. The molecule has 20 heavy (non-hydrogen) atoms. The zero-order valence-corrected chi connectivity index (χ0v) is 13.3. The lowest BCUT2D eigenvalue weighted by Gasteiger charge is -2.00. The molecule has 0 spiro atoms. The van der Waals surface area contributed by atoms with E-state index >= 15 is 0 Å². The number of tetrazole rings is 1. The number of unbranched alkanes of at least 4 members (excludes halogenated alkanes) is 1. The zero-order chi connectivity index (χ0) is 13.7. The Morgan fingerprint density at radius 2 is 2.05 bits per heavy atom. The molecular weight excluding hydrogens is 346 g/mol. The van der Waals surface area contributed by atoms with E-state index in [1.807, 2.05) is 0 Å². The van der Waals surface area contributed by atoms with Gasteiger partial charge in [0.1, 0.15) is 0 Å². The zero-order valence-electron chi connectivity index (χ0n) is 10.9. The quantitative estimate of drug-likeness (QED) is 0.890. The molecule has 1 aromatic heterocycles. The first-order valence-electron chi connectivity index (χ1n) is 6.04. The van der Waals surface area contributed by atoms with Gasteiger partial charge in [-0.3, -0.25) is 10.1 Å². The summed E-state index contributed by atoms with van der Waals surface area (Å²) < 4.78 is 0.924. The molecule has 1 aromatic carbocycles. The van der Waals surface area contributed by atoms with Crippen LogP contribution in [0.15, 0.2) is 28.7 Å². The fourth-order valence-electron chi connectivity index (χ4n) is 1.46. The average Bonchev–Trinajstić information content (AvgIpc) is 2.84. The van der Waals surface area contributed by atoms with Gasteiger partial charge in [0.15, 0.2) is 0 Å². The monoisotopic (exact) mass is 359 g/mol. The third-order valence-corrected chi connectivity index (χ3v) is 3.02. The summed E-state index contributed by atoms with van der Waals surface area (Å²) in [4.78, 5) is 13.4. The number of carbonyl (C=O) groups excluding carboxylic acids is 1. The minimum Gasteiger partial charge on any atom is -0.288 e. The second-order valence-corrected chi connectivity index (χ2v) is 4.94. The molecule has 1 N–H and O–H groups in total. The maximum Gasteiger partial charge on any atom is 0.270 e. The molecule has 8 heteroatoms. The number of hydrogen-bond acceptors (Lipinski definition) is 4. The molecule has 2 aromatic rings. The van der Waals surface area contributed by atoms with Crippen LogP contribution < -0.4 is 5.32 Å². The minimum atomic E-state index is -0.248. The Kier molecular flexibility index (Phi) is 6.60. The normalized spacial score (nSPS) is 9.90.